The van der Waals surface area contributed by atoms with E-state index in [1.807, 2.05) is 19.9 Å². The number of hydrogen-bond donors (Lipinski definition) is 1. The van der Waals surface area contributed by atoms with Gasteiger partial charge in [-0.15, -0.1) is 0 Å². The minimum absolute atomic E-state index is 0.214. The molecule has 0 saturated heterocycles. The minimum atomic E-state index is -3.61. The molecule has 2 aromatic rings. The van der Waals surface area contributed by atoms with E-state index < -0.39 is 10.0 Å². The lowest BCUT2D eigenvalue weighted by Gasteiger charge is -2.13. The molecule has 0 aromatic heterocycles. The van der Waals surface area contributed by atoms with Crippen LogP contribution in [0.5, 0.6) is 0 Å². The Labute approximate surface area is 118 Å². The largest absolute Gasteiger partial charge is 0.278 e. The monoisotopic (exact) mass is 295 g/mol. The number of anilines is 1. The Balaban J connectivity index is 2.42. The molecule has 0 bridgehead atoms. The van der Waals surface area contributed by atoms with Gasteiger partial charge in [0.25, 0.3) is 10.0 Å². The summed E-state index contributed by atoms with van der Waals surface area (Å²) >= 11 is 6.10. The number of nitrogens with one attached hydrogen (secondary N) is 1. The molecular weight excluding hydrogens is 282 g/mol. The van der Waals surface area contributed by atoms with Crippen LogP contribution >= 0.6 is 11.6 Å². The molecule has 0 fully saturated rings. The van der Waals surface area contributed by atoms with Gasteiger partial charge in [0.15, 0.2) is 0 Å². The summed E-state index contributed by atoms with van der Waals surface area (Å²) in [7, 11) is -3.61. The Morgan fingerprint density at radius 3 is 2.26 bits per heavy atom. The molecule has 0 saturated carbocycles. The fourth-order valence-corrected chi connectivity index (χ4v) is 3.44. The number of hydrogen-bond acceptors (Lipinski definition) is 2. The molecule has 0 aliphatic carbocycles. The smallest absolute Gasteiger partial charge is 0.261 e. The van der Waals surface area contributed by atoms with Crippen LogP contribution in [0.15, 0.2) is 47.4 Å². The van der Waals surface area contributed by atoms with E-state index in [9.17, 15) is 8.42 Å². The Hall–Kier alpha value is -1.52. The lowest BCUT2D eigenvalue weighted by molar-refractivity contribution is 0.601. The van der Waals surface area contributed by atoms with Crippen LogP contribution in [-0.2, 0) is 10.0 Å². The zero-order chi connectivity index (χ0) is 14.0. The molecule has 3 nitrogen and oxygen atoms in total. The average Bonchev–Trinajstić information content (AvgIpc) is 2.35. The van der Waals surface area contributed by atoms with Gasteiger partial charge < -0.3 is 0 Å². The van der Waals surface area contributed by atoms with E-state index in [0.29, 0.717) is 10.7 Å². The minimum Gasteiger partial charge on any atom is -0.278 e. The van der Waals surface area contributed by atoms with E-state index in [-0.39, 0.29) is 4.90 Å². The molecule has 0 radical (unpaired) electrons. The molecule has 0 aliphatic rings. The van der Waals surface area contributed by atoms with E-state index in [0.717, 1.165) is 11.1 Å². The predicted molar refractivity (Wildman–Crippen MR) is 78.2 cm³/mol. The molecule has 0 amide bonds. The first-order valence-corrected chi connectivity index (χ1v) is 7.61. The standard InChI is InChI=1S/C14H14ClNO2S/c1-10-8-11(2)14(13(15)9-10)16-19(17,18)12-6-4-3-5-7-12/h3-9,16H,1-2H3. The average molecular weight is 296 g/mol. The molecule has 2 aromatic carbocycles. The highest BCUT2D eigenvalue weighted by Crippen LogP contribution is 2.29. The molecule has 5 heteroatoms. The maximum Gasteiger partial charge on any atom is 0.261 e. The summed E-state index contributed by atoms with van der Waals surface area (Å²) < 4.78 is 27.0. The molecule has 0 atom stereocenters. The summed E-state index contributed by atoms with van der Waals surface area (Å²) in [5.41, 5.74) is 2.21. The lowest BCUT2D eigenvalue weighted by Crippen LogP contribution is -2.14. The van der Waals surface area contributed by atoms with Crippen molar-refractivity contribution in [2.24, 2.45) is 0 Å². The topological polar surface area (TPSA) is 46.2 Å². The van der Waals surface area contributed by atoms with Gasteiger partial charge in [-0.05, 0) is 43.2 Å². The van der Waals surface area contributed by atoms with Crippen molar-refractivity contribution < 1.29 is 8.42 Å². The van der Waals surface area contributed by atoms with Gasteiger partial charge in [-0.25, -0.2) is 8.42 Å². The van der Waals surface area contributed by atoms with Gasteiger partial charge in [0, 0.05) is 0 Å². The van der Waals surface area contributed by atoms with Gasteiger partial charge in [-0.2, -0.15) is 0 Å². The fraction of sp³-hybridized carbons (Fsp3) is 0.143. The van der Waals surface area contributed by atoms with Crippen LogP contribution in [0.25, 0.3) is 0 Å². The van der Waals surface area contributed by atoms with Gasteiger partial charge in [0.1, 0.15) is 0 Å². The van der Waals surface area contributed by atoms with Gasteiger partial charge in [-0.1, -0.05) is 35.9 Å². The molecule has 0 heterocycles. The molecule has 1 N–H and O–H groups in total. The van der Waals surface area contributed by atoms with Crippen LogP contribution in [0.2, 0.25) is 5.02 Å². The van der Waals surface area contributed by atoms with Crippen molar-refractivity contribution in [3.63, 3.8) is 0 Å². The van der Waals surface area contributed by atoms with Crippen molar-refractivity contribution in [2.75, 3.05) is 4.72 Å². The van der Waals surface area contributed by atoms with E-state index in [1.165, 1.54) is 0 Å². The molecule has 19 heavy (non-hydrogen) atoms. The van der Waals surface area contributed by atoms with Crippen molar-refractivity contribution in [3.05, 3.63) is 58.6 Å². The molecule has 2 rings (SSSR count). The first-order chi connectivity index (χ1) is 8.90. The van der Waals surface area contributed by atoms with E-state index >= 15 is 0 Å². The third-order valence-corrected chi connectivity index (χ3v) is 4.39. The number of sulfonamides is 1. The highest BCUT2D eigenvalue weighted by molar-refractivity contribution is 7.92. The van der Waals surface area contributed by atoms with Crippen molar-refractivity contribution in [2.45, 2.75) is 18.7 Å². The zero-order valence-electron chi connectivity index (χ0n) is 10.6. The summed E-state index contributed by atoms with van der Waals surface area (Å²) in [6, 6.07) is 11.8. The maximum absolute atomic E-state index is 12.2. The van der Waals surface area contributed by atoms with Gasteiger partial charge in [0.2, 0.25) is 0 Å². The Bertz CT molecular complexity index is 674. The highest BCUT2D eigenvalue weighted by Gasteiger charge is 2.16. The Morgan fingerprint density at radius 2 is 1.68 bits per heavy atom. The second kappa shape index (κ2) is 5.23. The van der Waals surface area contributed by atoms with E-state index in [2.05, 4.69) is 4.72 Å². The van der Waals surface area contributed by atoms with Crippen molar-refractivity contribution in [1.29, 1.82) is 0 Å². The molecule has 0 spiro atoms. The lowest BCUT2D eigenvalue weighted by atomic mass is 10.1. The third kappa shape index (κ3) is 3.08. The molecular formula is C14H14ClNO2S. The molecule has 0 aliphatic heterocycles. The summed E-state index contributed by atoms with van der Waals surface area (Å²) in [5, 5.41) is 0.400. The van der Waals surface area contributed by atoms with Crippen molar-refractivity contribution in [1.82, 2.24) is 0 Å². The Morgan fingerprint density at radius 1 is 1.05 bits per heavy atom. The maximum atomic E-state index is 12.2. The van der Waals surface area contributed by atoms with E-state index in [4.69, 9.17) is 11.6 Å². The van der Waals surface area contributed by atoms with Crippen molar-refractivity contribution >= 4 is 27.3 Å². The van der Waals surface area contributed by atoms with Crippen LogP contribution in [0.1, 0.15) is 11.1 Å². The second-order valence-electron chi connectivity index (χ2n) is 4.36. The predicted octanol–water partition coefficient (Wildman–Crippen LogP) is 3.76. The van der Waals surface area contributed by atoms with Crippen LogP contribution in [0.4, 0.5) is 5.69 Å². The summed E-state index contributed by atoms with van der Waals surface area (Å²) in [5.74, 6) is 0. The van der Waals surface area contributed by atoms with Crippen LogP contribution in [0, 0.1) is 13.8 Å². The molecule has 0 unspecified atom stereocenters. The number of aryl methyl sites for hydroxylation is 2. The van der Waals surface area contributed by atoms with Crippen molar-refractivity contribution in [3.8, 4) is 0 Å². The Kier molecular flexibility index (Phi) is 3.83. The second-order valence-corrected chi connectivity index (χ2v) is 6.45. The van der Waals surface area contributed by atoms with Gasteiger partial charge in [-0.3, -0.25) is 4.72 Å². The number of rotatable bonds is 3. The molecule has 100 valence electrons. The SMILES string of the molecule is Cc1cc(C)c(NS(=O)(=O)c2ccccc2)c(Cl)c1. The normalized spacial score (nSPS) is 11.3. The highest BCUT2D eigenvalue weighted by atomic mass is 35.5. The first kappa shape index (κ1) is 13.9. The number of benzene rings is 2. The van der Waals surface area contributed by atoms with Gasteiger partial charge >= 0.3 is 0 Å². The van der Waals surface area contributed by atoms with Crippen LogP contribution in [-0.4, -0.2) is 8.42 Å². The summed E-state index contributed by atoms with van der Waals surface area (Å²) in [4.78, 5) is 0.214. The fourth-order valence-electron chi connectivity index (χ4n) is 1.84. The third-order valence-electron chi connectivity index (χ3n) is 2.72. The summed E-state index contributed by atoms with van der Waals surface area (Å²) in [6.07, 6.45) is 0. The van der Waals surface area contributed by atoms with E-state index in [1.54, 1.807) is 36.4 Å². The van der Waals surface area contributed by atoms with Gasteiger partial charge in [0.05, 0.1) is 15.6 Å². The number of halogens is 1. The zero-order valence-corrected chi connectivity index (χ0v) is 12.2. The quantitative estimate of drug-likeness (QED) is 0.937. The first-order valence-electron chi connectivity index (χ1n) is 5.75. The van der Waals surface area contributed by atoms with Crippen LogP contribution < -0.4 is 4.72 Å². The summed E-state index contributed by atoms with van der Waals surface area (Å²) in [6.45, 7) is 3.73. The van der Waals surface area contributed by atoms with Crippen LogP contribution in [0.3, 0.4) is 0 Å².